The number of amides is 1. The topological polar surface area (TPSA) is 55.8 Å². The van der Waals surface area contributed by atoms with Crippen molar-refractivity contribution in [3.63, 3.8) is 0 Å². The Kier molecular flexibility index (Phi) is 5.14. The number of esters is 1. The Balaban J connectivity index is 2.03. The van der Waals surface area contributed by atoms with Crippen molar-refractivity contribution in [2.24, 2.45) is 0 Å². The lowest BCUT2D eigenvalue weighted by molar-refractivity contribution is -0.163. The van der Waals surface area contributed by atoms with E-state index in [9.17, 15) is 9.59 Å². The van der Waals surface area contributed by atoms with Gasteiger partial charge < -0.3 is 14.4 Å². The van der Waals surface area contributed by atoms with Gasteiger partial charge in [-0.15, -0.1) is 0 Å². The monoisotopic (exact) mass is 341 g/mol. The number of morpholine rings is 1. The highest BCUT2D eigenvalue weighted by Gasteiger charge is 2.29. The molecule has 5 nitrogen and oxygen atoms in total. The van der Waals surface area contributed by atoms with Crippen molar-refractivity contribution in [1.29, 1.82) is 0 Å². The predicted octanol–water partition coefficient (Wildman–Crippen LogP) is 1.91. The Morgan fingerprint density at radius 1 is 1.40 bits per heavy atom. The Bertz CT molecular complexity index is 488. The quantitative estimate of drug-likeness (QED) is 0.609. The van der Waals surface area contributed by atoms with Gasteiger partial charge in [-0.2, -0.15) is 0 Å². The van der Waals surface area contributed by atoms with Crippen LogP contribution in [0, 0.1) is 0 Å². The third-order valence-electron chi connectivity index (χ3n) is 3.05. The number of benzene rings is 1. The summed E-state index contributed by atoms with van der Waals surface area (Å²) in [6.45, 7) is 3.05. The Hall–Kier alpha value is -1.40. The standard InChI is InChI=1S/C14H16BrNO4/c1-2-19-14(18)13(17)16-7-8-20-12(9-16)10-3-5-11(15)6-4-10/h3-6,12H,2,7-9H2,1H3. The van der Waals surface area contributed by atoms with Crippen LogP contribution in [0.25, 0.3) is 0 Å². The second-order valence-electron chi connectivity index (χ2n) is 4.38. The number of carbonyl (C=O) groups is 2. The van der Waals surface area contributed by atoms with E-state index in [1.165, 1.54) is 4.90 Å². The maximum atomic E-state index is 11.9. The lowest BCUT2D eigenvalue weighted by atomic mass is 10.1. The van der Waals surface area contributed by atoms with E-state index in [4.69, 9.17) is 9.47 Å². The van der Waals surface area contributed by atoms with Crippen molar-refractivity contribution in [3.8, 4) is 0 Å². The van der Waals surface area contributed by atoms with Gasteiger partial charge in [-0.3, -0.25) is 4.79 Å². The van der Waals surface area contributed by atoms with Crippen molar-refractivity contribution < 1.29 is 19.1 Å². The van der Waals surface area contributed by atoms with Crippen LogP contribution in [0.4, 0.5) is 0 Å². The molecule has 1 aromatic rings. The molecule has 1 aromatic carbocycles. The van der Waals surface area contributed by atoms with Crippen LogP contribution in [0.1, 0.15) is 18.6 Å². The normalized spacial score (nSPS) is 18.7. The summed E-state index contributed by atoms with van der Waals surface area (Å²) in [5.74, 6) is -1.40. The van der Waals surface area contributed by atoms with Gasteiger partial charge in [0.2, 0.25) is 0 Å². The fourth-order valence-corrected chi connectivity index (χ4v) is 2.30. The van der Waals surface area contributed by atoms with Crippen LogP contribution in [0.5, 0.6) is 0 Å². The van der Waals surface area contributed by atoms with E-state index in [0.717, 1.165) is 10.0 Å². The summed E-state index contributed by atoms with van der Waals surface area (Å²) in [6.07, 6.45) is -0.213. The minimum Gasteiger partial charge on any atom is -0.459 e. The van der Waals surface area contributed by atoms with Crippen molar-refractivity contribution in [3.05, 3.63) is 34.3 Å². The summed E-state index contributed by atoms with van der Waals surface area (Å²) in [7, 11) is 0. The summed E-state index contributed by atoms with van der Waals surface area (Å²) >= 11 is 3.37. The van der Waals surface area contributed by atoms with E-state index < -0.39 is 11.9 Å². The van der Waals surface area contributed by atoms with Crippen LogP contribution in [0.2, 0.25) is 0 Å². The highest BCUT2D eigenvalue weighted by Crippen LogP contribution is 2.23. The second-order valence-corrected chi connectivity index (χ2v) is 5.30. The number of carbonyl (C=O) groups excluding carboxylic acids is 2. The largest absolute Gasteiger partial charge is 0.459 e. The van der Waals surface area contributed by atoms with Crippen molar-refractivity contribution in [2.75, 3.05) is 26.3 Å². The number of hydrogen-bond acceptors (Lipinski definition) is 4. The molecule has 0 bridgehead atoms. The Labute approximate surface area is 126 Å². The molecule has 20 heavy (non-hydrogen) atoms. The number of halogens is 1. The second kappa shape index (κ2) is 6.85. The van der Waals surface area contributed by atoms with Crippen LogP contribution >= 0.6 is 15.9 Å². The number of nitrogens with zero attached hydrogens (tertiary/aromatic N) is 1. The van der Waals surface area contributed by atoms with Gasteiger partial charge in [-0.25, -0.2) is 4.79 Å². The molecule has 1 aliphatic heterocycles. The summed E-state index contributed by atoms with van der Waals surface area (Å²) in [5.41, 5.74) is 0.981. The molecular formula is C14H16BrNO4. The Morgan fingerprint density at radius 3 is 2.75 bits per heavy atom. The zero-order chi connectivity index (χ0) is 14.5. The van der Waals surface area contributed by atoms with Crippen LogP contribution in [-0.2, 0) is 19.1 Å². The first-order valence-corrected chi connectivity index (χ1v) is 7.24. The fraction of sp³-hybridized carbons (Fsp3) is 0.429. The van der Waals surface area contributed by atoms with Crippen molar-refractivity contribution in [1.82, 2.24) is 4.90 Å². The lowest BCUT2D eigenvalue weighted by Gasteiger charge is -2.32. The molecule has 0 aliphatic carbocycles. The molecular weight excluding hydrogens is 326 g/mol. The SMILES string of the molecule is CCOC(=O)C(=O)N1CCOC(c2ccc(Br)cc2)C1. The van der Waals surface area contributed by atoms with Crippen LogP contribution in [0.3, 0.4) is 0 Å². The van der Waals surface area contributed by atoms with Crippen molar-refractivity contribution >= 4 is 27.8 Å². The van der Waals surface area contributed by atoms with Gasteiger partial charge in [0, 0.05) is 11.0 Å². The van der Waals surface area contributed by atoms with Gasteiger partial charge >= 0.3 is 11.9 Å². The van der Waals surface area contributed by atoms with Gasteiger partial charge in [0.15, 0.2) is 0 Å². The van der Waals surface area contributed by atoms with Gasteiger partial charge in [0.25, 0.3) is 0 Å². The highest BCUT2D eigenvalue weighted by molar-refractivity contribution is 9.10. The average molecular weight is 342 g/mol. The van der Waals surface area contributed by atoms with Crippen molar-refractivity contribution in [2.45, 2.75) is 13.0 Å². The molecule has 0 spiro atoms. The van der Waals surface area contributed by atoms with Crippen LogP contribution in [-0.4, -0.2) is 43.1 Å². The molecule has 1 atom stereocenters. The summed E-state index contributed by atoms with van der Waals surface area (Å²) < 4.78 is 11.4. The number of rotatable bonds is 2. The molecule has 1 saturated heterocycles. The van der Waals surface area contributed by atoms with E-state index >= 15 is 0 Å². The lowest BCUT2D eigenvalue weighted by Crippen LogP contribution is -2.45. The third kappa shape index (κ3) is 3.58. The minimum atomic E-state index is -0.802. The first kappa shape index (κ1) is 15.0. The molecule has 0 radical (unpaired) electrons. The summed E-state index contributed by atoms with van der Waals surface area (Å²) in [5, 5.41) is 0. The van der Waals surface area contributed by atoms with Gasteiger partial charge in [0.1, 0.15) is 6.10 Å². The maximum Gasteiger partial charge on any atom is 0.397 e. The minimum absolute atomic E-state index is 0.199. The Morgan fingerprint density at radius 2 is 2.10 bits per heavy atom. The number of ether oxygens (including phenoxy) is 2. The molecule has 1 aliphatic rings. The molecule has 0 N–H and O–H groups in total. The smallest absolute Gasteiger partial charge is 0.397 e. The van der Waals surface area contributed by atoms with Gasteiger partial charge in [-0.1, -0.05) is 28.1 Å². The zero-order valence-electron chi connectivity index (χ0n) is 11.2. The molecule has 1 heterocycles. The first-order chi connectivity index (χ1) is 9.61. The summed E-state index contributed by atoms with van der Waals surface area (Å²) in [6, 6.07) is 7.72. The molecule has 0 aromatic heterocycles. The highest BCUT2D eigenvalue weighted by atomic mass is 79.9. The summed E-state index contributed by atoms with van der Waals surface area (Å²) in [4.78, 5) is 24.9. The predicted molar refractivity (Wildman–Crippen MR) is 76.0 cm³/mol. The van der Waals surface area contributed by atoms with Gasteiger partial charge in [0.05, 0.1) is 19.8 Å². The molecule has 0 saturated carbocycles. The van der Waals surface area contributed by atoms with Gasteiger partial charge in [-0.05, 0) is 24.6 Å². The van der Waals surface area contributed by atoms with E-state index in [0.29, 0.717) is 19.7 Å². The van der Waals surface area contributed by atoms with Crippen LogP contribution in [0.15, 0.2) is 28.7 Å². The van der Waals surface area contributed by atoms with E-state index in [-0.39, 0.29) is 12.7 Å². The maximum absolute atomic E-state index is 11.9. The molecule has 1 amide bonds. The van der Waals surface area contributed by atoms with Crippen LogP contribution < -0.4 is 0 Å². The molecule has 6 heteroatoms. The van der Waals surface area contributed by atoms with E-state index in [1.54, 1.807) is 6.92 Å². The van der Waals surface area contributed by atoms with E-state index in [2.05, 4.69) is 15.9 Å². The van der Waals surface area contributed by atoms with E-state index in [1.807, 2.05) is 24.3 Å². The molecule has 1 fully saturated rings. The first-order valence-electron chi connectivity index (χ1n) is 6.45. The fourth-order valence-electron chi connectivity index (χ4n) is 2.03. The zero-order valence-corrected chi connectivity index (χ0v) is 12.8. The molecule has 2 rings (SSSR count). The third-order valence-corrected chi connectivity index (χ3v) is 3.57. The molecule has 108 valence electrons. The average Bonchev–Trinajstić information content (AvgIpc) is 2.47. The number of hydrogen-bond donors (Lipinski definition) is 0. The molecule has 1 unspecified atom stereocenters.